The van der Waals surface area contributed by atoms with Crippen molar-refractivity contribution in [1.29, 1.82) is 0 Å². The number of piperidine rings is 1. The lowest BCUT2D eigenvalue weighted by molar-refractivity contribution is 0.102. The highest BCUT2D eigenvalue weighted by Gasteiger charge is 2.29. The average molecular weight is 473 g/mol. The molecule has 182 valence electrons. The van der Waals surface area contributed by atoms with Crippen molar-refractivity contribution in [3.8, 4) is 0 Å². The summed E-state index contributed by atoms with van der Waals surface area (Å²) < 4.78 is 3.76. The molecule has 0 unspecified atom stereocenters. The minimum Gasteiger partial charge on any atom is -0.371 e. The van der Waals surface area contributed by atoms with Gasteiger partial charge in [-0.05, 0) is 51.3 Å². The van der Waals surface area contributed by atoms with Gasteiger partial charge < -0.3 is 19.9 Å². The third-order valence-electron chi connectivity index (χ3n) is 7.13. The van der Waals surface area contributed by atoms with Crippen molar-refractivity contribution in [2.75, 3.05) is 29.9 Å². The molecule has 3 aromatic heterocycles. The van der Waals surface area contributed by atoms with E-state index in [1.807, 2.05) is 43.0 Å². The van der Waals surface area contributed by atoms with E-state index in [0.717, 1.165) is 78.9 Å². The molecular formula is C26H32N8O. The second-order valence-corrected chi connectivity index (χ2v) is 9.87. The van der Waals surface area contributed by atoms with Gasteiger partial charge in [-0.25, -0.2) is 4.98 Å². The lowest BCUT2D eigenvalue weighted by atomic mass is 10.0. The standard InChI is InChI=1S/C26H32N8O/c1-4-27-18-9-11-33(12-10-18)21-8-7-19(24-20(21)14-32(3)31-24)26(35)30-22-15-34-13-16(2)28-23(17-5-6-17)25(34)29-22/h7-8,13-15,17-18,27H,4-6,9-12H2,1-3H3,(H,30,35). The fourth-order valence-electron chi connectivity index (χ4n) is 5.30. The van der Waals surface area contributed by atoms with Crippen LogP contribution in [0.1, 0.15) is 60.3 Å². The maximum absolute atomic E-state index is 13.4. The molecule has 0 radical (unpaired) electrons. The lowest BCUT2D eigenvalue weighted by Gasteiger charge is -2.34. The van der Waals surface area contributed by atoms with Crippen molar-refractivity contribution in [2.45, 2.75) is 51.5 Å². The van der Waals surface area contributed by atoms with Crippen LogP contribution in [0.25, 0.3) is 16.6 Å². The van der Waals surface area contributed by atoms with Gasteiger partial charge in [-0.2, -0.15) is 5.10 Å². The predicted octanol–water partition coefficient (Wildman–Crippen LogP) is 3.63. The molecule has 1 saturated carbocycles. The molecule has 6 rings (SSSR count). The number of aromatic nitrogens is 5. The van der Waals surface area contributed by atoms with E-state index in [2.05, 4.69) is 33.6 Å². The Kier molecular flexibility index (Phi) is 5.44. The van der Waals surface area contributed by atoms with Crippen molar-refractivity contribution in [2.24, 2.45) is 7.05 Å². The molecule has 1 aromatic carbocycles. The number of amides is 1. The van der Waals surface area contributed by atoms with Crippen LogP contribution in [0, 0.1) is 6.92 Å². The first-order valence-corrected chi connectivity index (χ1v) is 12.6. The SMILES string of the molecule is CCNC1CCN(c2ccc(C(=O)Nc3cn4cc(C)nc(C5CC5)c4n3)c3nn(C)cc23)CC1. The summed E-state index contributed by atoms with van der Waals surface area (Å²) in [7, 11) is 1.90. The Hall–Kier alpha value is -3.46. The number of hydrogen-bond donors (Lipinski definition) is 2. The Bertz CT molecular complexity index is 1410. The smallest absolute Gasteiger partial charge is 0.259 e. The fourth-order valence-corrected chi connectivity index (χ4v) is 5.30. The summed E-state index contributed by atoms with van der Waals surface area (Å²) >= 11 is 0. The van der Waals surface area contributed by atoms with Gasteiger partial charge in [-0.3, -0.25) is 14.5 Å². The third kappa shape index (κ3) is 4.14. The van der Waals surface area contributed by atoms with Crippen LogP contribution in [0.2, 0.25) is 0 Å². The number of anilines is 2. The van der Waals surface area contributed by atoms with Crippen molar-refractivity contribution in [3.05, 3.63) is 47.7 Å². The summed E-state index contributed by atoms with van der Waals surface area (Å²) in [6.45, 7) is 7.14. The Morgan fingerprint density at radius 1 is 1.09 bits per heavy atom. The van der Waals surface area contributed by atoms with Crippen LogP contribution in [0.4, 0.5) is 11.5 Å². The number of carbonyl (C=O) groups excluding carboxylic acids is 1. The molecule has 0 spiro atoms. The lowest BCUT2D eigenvalue weighted by Crippen LogP contribution is -2.42. The number of fused-ring (bicyclic) bond motifs is 2. The number of imidazole rings is 1. The summed E-state index contributed by atoms with van der Waals surface area (Å²) in [6.07, 6.45) is 10.4. The average Bonchev–Trinajstić information content (AvgIpc) is 3.49. The van der Waals surface area contributed by atoms with E-state index < -0.39 is 0 Å². The van der Waals surface area contributed by atoms with Gasteiger partial charge in [0.15, 0.2) is 11.5 Å². The number of hydrogen-bond acceptors (Lipinski definition) is 6. The number of nitrogens with one attached hydrogen (secondary N) is 2. The quantitative estimate of drug-likeness (QED) is 0.445. The van der Waals surface area contributed by atoms with E-state index in [1.165, 1.54) is 0 Å². The fraction of sp³-hybridized carbons (Fsp3) is 0.462. The number of carbonyl (C=O) groups is 1. The second kappa shape index (κ2) is 8.64. The molecule has 2 N–H and O–H groups in total. The molecular weight excluding hydrogens is 440 g/mol. The molecule has 35 heavy (non-hydrogen) atoms. The van der Waals surface area contributed by atoms with E-state index in [9.17, 15) is 4.79 Å². The zero-order valence-electron chi connectivity index (χ0n) is 20.6. The maximum atomic E-state index is 13.4. The molecule has 2 fully saturated rings. The van der Waals surface area contributed by atoms with Gasteiger partial charge >= 0.3 is 0 Å². The van der Waals surface area contributed by atoms with Crippen molar-refractivity contribution >= 4 is 34.0 Å². The van der Waals surface area contributed by atoms with Crippen molar-refractivity contribution in [3.63, 3.8) is 0 Å². The number of rotatable bonds is 6. The largest absolute Gasteiger partial charge is 0.371 e. The highest BCUT2D eigenvalue weighted by atomic mass is 16.1. The molecule has 1 amide bonds. The van der Waals surface area contributed by atoms with Gasteiger partial charge in [-0.15, -0.1) is 0 Å². The predicted molar refractivity (Wildman–Crippen MR) is 137 cm³/mol. The first-order chi connectivity index (χ1) is 17.0. The van der Waals surface area contributed by atoms with Crippen LogP contribution in [0.15, 0.2) is 30.7 Å². The minimum atomic E-state index is -0.202. The molecule has 1 saturated heterocycles. The summed E-state index contributed by atoms with van der Waals surface area (Å²) in [5, 5.41) is 12.2. The highest BCUT2D eigenvalue weighted by molar-refractivity contribution is 6.13. The maximum Gasteiger partial charge on any atom is 0.259 e. The topological polar surface area (TPSA) is 92.4 Å². The van der Waals surface area contributed by atoms with Crippen molar-refractivity contribution < 1.29 is 4.79 Å². The van der Waals surface area contributed by atoms with E-state index in [-0.39, 0.29) is 5.91 Å². The van der Waals surface area contributed by atoms with Crippen LogP contribution in [-0.2, 0) is 7.05 Å². The third-order valence-corrected chi connectivity index (χ3v) is 7.13. The molecule has 0 atom stereocenters. The van der Waals surface area contributed by atoms with Crippen LogP contribution >= 0.6 is 0 Å². The van der Waals surface area contributed by atoms with E-state index in [1.54, 1.807) is 4.68 Å². The molecule has 9 heteroatoms. The molecule has 9 nitrogen and oxygen atoms in total. The summed E-state index contributed by atoms with van der Waals surface area (Å²) in [5.74, 6) is 0.807. The molecule has 1 aliphatic heterocycles. The Morgan fingerprint density at radius 2 is 1.89 bits per heavy atom. The highest BCUT2D eigenvalue weighted by Crippen LogP contribution is 2.41. The monoisotopic (exact) mass is 472 g/mol. The molecule has 2 aliphatic rings. The van der Waals surface area contributed by atoms with Gasteiger partial charge in [0.2, 0.25) is 0 Å². The minimum absolute atomic E-state index is 0.202. The number of aryl methyl sites for hydroxylation is 2. The first-order valence-electron chi connectivity index (χ1n) is 12.6. The second-order valence-electron chi connectivity index (χ2n) is 9.87. The summed E-state index contributed by atoms with van der Waals surface area (Å²) in [5.41, 5.74) is 5.22. The number of nitrogens with zero attached hydrogens (tertiary/aromatic N) is 6. The first kappa shape index (κ1) is 22.0. The Balaban J connectivity index is 1.28. The summed E-state index contributed by atoms with van der Waals surface area (Å²) in [4.78, 5) is 25.2. The summed E-state index contributed by atoms with van der Waals surface area (Å²) in [6, 6.07) is 4.54. The zero-order chi connectivity index (χ0) is 24.1. The van der Waals surface area contributed by atoms with Crippen LogP contribution < -0.4 is 15.5 Å². The van der Waals surface area contributed by atoms with Gasteiger partial charge in [0, 0.05) is 55.6 Å². The molecule has 0 bridgehead atoms. The van der Waals surface area contributed by atoms with E-state index in [4.69, 9.17) is 9.97 Å². The molecule has 4 aromatic rings. The molecule has 4 heterocycles. The van der Waals surface area contributed by atoms with Gasteiger partial charge in [-0.1, -0.05) is 6.92 Å². The van der Waals surface area contributed by atoms with Gasteiger partial charge in [0.25, 0.3) is 5.91 Å². The van der Waals surface area contributed by atoms with E-state index >= 15 is 0 Å². The van der Waals surface area contributed by atoms with Gasteiger partial charge in [0.1, 0.15) is 5.52 Å². The Labute approximate surface area is 204 Å². The van der Waals surface area contributed by atoms with Crippen LogP contribution in [0.5, 0.6) is 0 Å². The van der Waals surface area contributed by atoms with Crippen LogP contribution in [0.3, 0.4) is 0 Å². The Morgan fingerprint density at radius 3 is 2.63 bits per heavy atom. The van der Waals surface area contributed by atoms with Gasteiger partial charge in [0.05, 0.1) is 23.1 Å². The van der Waals surface area contributed by atoms with Crippen molar-refractivity contribution in [1.82, 2.24) is 29.5 Å². The molecule has 1 aliphatic carbocycles. The number of benzene rings is 1. The van der Waals surface area contributed by atoms with E-state index in [0.29, 0.717) is 23.3 Å². The normalized spacial score (nSPS) is 16.9. The van der Waals surface area contributed by atoms with Crippen LogP contribution in [-0.4, -0.2) is 55.7 Å². The zero-order valence-corrected chi connectivity index (χ0v) is 20.6.